The molecule has 0 heterocycles. The van der Waals surface area contributed by atoms with Crippen molar-refractivity contribution in [3.8, 4) is 5.75 Å². The number of ether oxygens (including phenoxy) is 1. The summed E-state index contributed by atoms with van der Waals surface area (Å²) in [6.45, 7) is 1.54. The molecule has 0 radical (unpaired) electrons. The van der Waals surface area contributed by atoms with Gasteiger partial charge in [-0.1, -0.05) is 12.1 Å². The third kappa shape index (κ3) is 6.27. The van der Waals surface area contributed by atoms with Gasteiger partial charge < -0.3 is 21.1 Å². The van der Waals surface area contributed by atoms with Crippen molar-refractivity contribution in [2.24, 2.45) is 11.7 Å². The number of nitrogens with two attached hydrogens (primary N) is 1. The van der Waals surface area contributed by atoms with E-state index in [1.807, 2.05) is 12.1 Å². The number of nitrogens with one attached hydrogen (secondary N) is 2. The summed E-state index contributed by atoms with van der Waals surface area (Å²) >= 11 is 0. The Morgan fingerprint density at radius 2 is 2.14 bits per heavy atom. The first-order chi connectivity index (χ1) is 10.1. The van der Waals surface area contributed by atoms with Crippen molar-refractivity contribution in [1.29, 1.82) is 0 Å². The van der Waals surface area contributed by atoms with Crippen LogP contribution in [0.1, 0.15) is 18.4 Å². The number of carbonyl (C=O) groups is 2. The fourth-order valence-corrected chi connectivity index (χ4v) is 1.87. The molecule has 0 spiro atoms. The van der Waals surface area contributed by atoms with Crippen molar-refractivity contribution in [2.75, 3.05) is 19.7 Å². The van der Waals surface area contributed by atoms with Gasteiger partial charge in [-0.2, -0.15) is 0 Å². The van der Waals surface area contributed by atoms with Crippen molar-refractivity contribution in [2.45, 2.75) is 19.4 Å². The van der Waals surface area contributed by atoms with Crippen LogP contribution >= 0.6 is 0 Å². The lowest BCUT2D eigenvalue weighted by molar-refractivity contribution is -0.120. The van der Waals surface area contributed by atoms with Crippen LogP contribution in [0.4, 0.5) is 0 Å². The minimum absolute atomic E-state index is 0.0286. The molecule has 0 bridgehead atoms. The van der Waals surface area contributed by atoms with E-state index in [9.17, 15) is 9.59 Å². The van der Waals surface area contributed by atoms with Crippen molar-refractivity contribution < 1.29 is 14.3 Å². The van der Waals surface area contributed by atoms with Crippen LogP contribution in [0.3, 0.4) is 0 Å². The summed E-state index contributed by atoms with van der Waals surface area (Å²) in [5, 5.41) is 5.98. The molecular weight excluding hydrogens is 270 g/mol. The molecule has 4 N–H and O–H groups in total. The Balaban J connectivity index is 1.69. The SMILES string of the molecule is NC(=O)COc1cccc(CNC(=O)CNCC2CC2)c1. The van der Waals surface area contributed by atoms with Crippen molar-refractivity contribution in [3.63, 3.8) is 0 Å². The van der Waals surface area contributed by atoms with Gasteiger partial charge in [-0.3, -0.25) is 9.59 Å². The Morgan fingerprint density at radius 1 is 1.33 bits per heavy atom. The van der Waals surface area contributed by atoms with E-state index in [2.05, 4.69) is 10.6 Å². The zero-order chi connectivity index (χ0) is 15.1. The first-order valence-corrected chi connectivity index (χ1v) is 7.11. The average Bonchev–Trinajstić information content (AvgIpc) is 3.28. The van der Waals surface area contributed by atoms with Crippen LogP contribution in [0.5, 0.6) is 5.75 Å². The molecule has 21 heavy (non-hydrogen) atoms. The summed E-state index contributed by atoms with van der Waals surface area (Å²) in [7, 11) is 0. The van der Waals surface area contributed by atoms with Gasteiger partial charge in [0, 0.05) is 6.54 Å². The third-order valence-corrected chi connectivity index (χ3v) is 3.18. The maximum Gasteiger partial charge on any atom is 0.255 e. The van der Waals surface area contributed by atoms with Crippen LogP contribution in [-0.2, 0) is 16.1 Å². The number of hydrogen-bond acceptors (Lipinski definition) is 4. The quantitative estimate of drug-likeness (QED) is 0.604. The molecule has 114 valence electrons. The smallest absolute Gasteiger partial charge is 0.255 e. The molecule has 1 aliphatic carbocycles. The molecule has 0 atom stereocenters. The molecule has 0 aliphatic heterocycles. The summed E-state index contributed by atoms with van der Waals surface area (Å²) in [5.74, 6) is 0.777. The number of hydrogen-bond donors (Lipinski definition) is 3. The van der Waals surface area contributed by atoms with Crippen LogP contribution in [0.2, 0.25) is 0 Å². The molecule has 0 saturated heterocycles. The largest absolute Gasteiger partial charge is 0.484 e. The summed E-state index contributed by atoms with van der Waals surface area (Å²) in [6.07, 6.45) is 2.54. The van der Waals surface area contributed by atoms with Crippen LogP contribution in [0, 0.1) is 5.92 Å². The van der Waals surface area contributed by atoms with Gasteiger partial charge in [0.2, 0.25) is 5.91 Å². The number of carbonyl (C=O) groups excluding carboxylic acids is 2. The first kappa shape index (κ1) is 15.3. The standard InChI is InChI=1S/C15H21N3O3/c16-14(19)10-21-13-3-1-2-12(6-13)8-18-15(20)9-17-7-11-4-5-11/h1-3,6,11,17H,4-5,7-10H2,(H2,16,19)(H,18,20). The van der Waals surface area contributed by atoms with Gasteiger partial charge in [-0.25, -0.2) is 0 Å². The second-order valence-electron chi connectivity index (χ2n) is 5.25. The molecule has 0 aromatic heterocycles. The molecule has 6 nitrogen and oxygen atoms in total. The number of benzene rings is 1. The number of primary amides is 1. The van der Waals surface area contributed by atoms with Gasteiger partial charge in [0.05, 0.1) is 6.54 Å². The molecule has 6 heteroatoms. The van der Waals surface area contributed by atoms with Gasteiger partial charge in [0.15, 0.2) is 6.61 Å². The molecule has 1 saturated carbocycles. The highest BCUT2D eigenvalue weighted by Gasteiger charge is 2.20. The lowest BCUT2D eigenvalue weighted by Crippen LogP contribution is -2.34. The molecule has 1 aliphatic rings. The summed E-state index contributed by atoms with van der Waals surface area (Å²) < 4.78 is 5.21. The zero-order valence-corrected chi connectivity index (χ0v) is 11.9. The lowest BCUT2D eigenvalue weighted by atomic mass is 10.2. The van der Waals surface area contributed by atoms with Crippen LogP contribution < -0.4 is 21.1 Å². The second kappa shape index (κ2) is 7.64. The van der Waals surface area contributed by atoms with Gasteiger partial charge >= 0.3 is 0 Å². The van der Waals surface area contributed by atoms with Gasteiger partial charge in [0.1, 0.15) is 5.75 Å². The van der Waals surface area contributed by atoms with E-state index in [1.54, 1.807) is 12.1 Å². The molecular formula is C15H21N3O3. The van der Waals surface area contributed by atoms with Crippen molar-refractivity contribution >= 4 is 11.8 Å². The molecule has 2 rings (SSSR count). The molecule has 1 aromatic carbocycles. The Labute approximate surface area is 124 Å². The number of amides is 2. The minimum Gasteiger partial charge on any atom is -0.484 e. The summed E-state index contributed by atoms with van der Waals surface area (Å²) in [5.41, 5.74) is 5.93. The van der Waals surface area contributed by atoms with Gasteiger partial charge in [0.25, 0.3) is 5.91 Å². The highest BCUT2D eigenvalue weighted by molar-refractivity contribution is 5.78. The lowest BCUT2D eigenvalue weighted by Gasteiger charge is -2.08. The predicted molar refractivity (Wildman–Crippen MR) is 78.6 cm³/mol. The predicted octanol–water partition coefficient (Wildman–Crippen LogP) is 0.166. The van der Waals surface area contributed by atoms with E-state index in [0.29, 0.717) is 18.8 Å². The first-order valence-electron chi connectivity index (χ1n) is 7.11. The highest BCUT2D eigenvalue weighted by atomic mass is 16.5. The summed E-state index contributed by atoms with van der Waals surface area (Å²) in [6, 6.07) is 7.21. The topological polar surface area (TPSA) is 93.5 Å². The van der Waals surface area contributed by atoms with Crippen LogP contribution in [-0.4, -0.2) is 31.5 Å². The Bertz CT molecular complexity index is 501. The fourth-order valence-electron chi connectivity index (χ4n) is 1.87. The second-order valence-corrected chi connectivity index (χ2v) is 5.25. The van der Waals surface area contributed by atoms with Crippen LogP contribution in [0.15, 0.2) is 24.3 Å². The summed E-state index contributed by atoms with van der Waals surface area (Å²) in [4.78, 5) is 22.3. The van der Waals surface area contributed by atoms with Crippen molar-refractivity contribution in [3.05, 3.63) is 29.8 Å². The van der Waals surface area contributed by atoms with Gasteiger partial charge in [-0.05, 0) is 43.0 Å². The van der Waals surface area contributed by atoms with Crippen LogP contribution in [0.25, 0.3) is 0 Å². The molecule has 2 amide bonds. The molecule has 1 aromatic rings. The van der Waals surface area contributed by atoms with Crippen molar-refractivity contribution in [1.82, 2.24) is 10.6 Å². The normalized spacial score (nSPS) is 13.7. The average molecular weight is 291 g/mol. The number of rotatable bonds is 9. The van der Waals surface area contributed by atoms with E-state index in [1.165, 1.54) is 12.8 Å². The Hall–Kier alpha value is -2.08. The van der Waals surface area contributed by atoms with E-state index in [-0.39, 0.29) is 12.5 Å². The van der Waals surface area contributed by atoms with E-state index >= 15 is 0 Å². The molecule has 1 fully saturated rings. The Morgan fingerprint density at radius 3 is 2.86 bits per heavy atom. The third-order valence-electron chi connectivity index (χ3n) is 3.18. The Kier molecular flexibility index (Phi) is 5.57. The van der Waals surface area contributed by atoms with E-state index in [4.69, 9.17) is 10.5 Å². The monoisotopic (exact) mass is 291 g/mol. The minimum atomic E-state index is -0.518. The zero-order valence-electron chi connectivity index (χ0n) is 11.9. The van der Waals surface area contributed by atoms with E-state index in [0.717, 1.165) is 18.0 Å². The van der Waals surface area contributed by atoms with E-state index < -0.39 is 5.91 Å². The molecule has 0 unspecified atom stereocenters. The highest BCUT2D eigenvalue weighted by Crippen LogP contribution is 2.27. The fraction of sp³-hybridized carbons (Fsp3) is 0.467. The van der Waals surface area contributed by atoms with Gasteiger partial charge in [-0.15, -0.1) is 0 Å². The maximum atomic E-state index is 11.7. The maximum absolute atomic E-state index is 11.7.